The van der Waals surface area contributed by atoms with Crippen LogP contribution in [-0.2, 0) is 26.2 Å². The fourth-order valence-corrected chi connectivity index (χ4v) is 5.57. The number of rotatable bonds is 15. The highest BCUT2D eigenvalue weighted by Gasteiger charge is 2.23. The number of benzene rings is 4. The average molecular weight is 592 g/mol. The first-order chi connectivity index (χ1) is 21.6. The summed E-state index contributed by atoms with van der Waals surface area (Å²) in [6.07, 6.45) is 2.07. The summed E-state index contributed by atoms with van der Waals surface area (Å²) in [6, 6.07) is 33.7. The molecule has 6 heteroatoms. The molecule has 0 fully saturated rings. The Labute approximate surface area is 260 Å². The number of hydrogen-bond acceptors (Lipinski definition) is 4. The molecule has 0 unspecified atom stereocenters. The van der Waals surface area contributed by atoms with E-state index >= 15 is 0 Å². The molecule has 0 spiro atoms. The van der Waals surface area contributed by atoms with E-state index in [1.54, 1.807) is 12.1 Å². The quantitative estimate of drug-likeness (QED) is 0.122. The molecule has 0 atom stereocenters. The van der Waals surface area contributed by atoms with Gasteiger partial charge < -0.3 is 14.0 Å². The van der Waals surface area contributed by atoms with E-state index in [2.05, 4.69) is 52.8 Å². The normalized spacial score (nSPS) is 11.2. The van der Waals surface area contributed by atoms with Crippen LogP contribution < -0.4 is 9.47 Å². The van der Waals surface area contributed by atoms with Gasteiger partial charge in [0, 0.05) is 37.3 Å². The summed E-state index contributed by atoms with van der Waals surface area (Å²) in [5, 5.41) is 0. The van der Waals surface area contributed by atoms with Crippen LogP contribution in [0.2, 0.25) is 0 Å². The molecule has 228 valence electrons. The average Bonchev–Trinajstić information content (AvgIpc) is 3.39. The number of ether oxygens (including phenoxy) is 2. The zero-order chi connectivity index (χ0) is 30.7. The molecule has 0 N–H and O–H groups in total. The second-order valence-electron chi connectivity index (χ2n) is 10.9. The Bertz CT molecular complexity index is 1580. The zero-order valence-electron chi connectivity index (χ0n) is 26.0. The van der Waals surface area contributed by atoms with Gasteiger partial charge in [-0.2, -0.15) is 0 Å². The molecule has 4 aromatic carbocycles. The Morgan fingerprint density at radius 1 is 0.682 bits per heavy atom. The summed E-state index contributed by atoms with van der Waals surface area (Å²) in [7, 11) is 0. The molecule has 5 nitrogen and oxygen atoms in total. The number of hydrogen-bond donors (Lipinski definition) is 0. The summed E-state index contributed by atoms with van der Waals surface area (Å²) in [5.41, 5.74) is 6.04. The van der Waals surface area contributed by atoms with Crippen LogP contribution in [0.1, 0.15) is 50.4 Å². The van der Waals surface area contributed by atoms with Crippen LogP contribution in [0.25, 0.3) is 22.6 Å². The Morgan fingerprint density at radius 3 is 1.89 bits per heavy atom. The lowest BCUT2D eigenvalue weighted by molar-refractivity contribution is 0.240. The Morgan fingerprint density at radius 2 is 1.30 bits per heavy atom. The summed E-state index contributed by atoms with van der Waals surface area (Å²) >= 11 is 0. The van der Waals surface area contributed by atoms with Crippen LogP contribution in [-0.4, -0.2) is 27.7 Å². The van der Waals surface area contributed by atoms with E-state index < -0.39 is 0 Å². The molecule has 0 aliphatic rings. The minimum atomic E-state index is -0.268. The SMILES string of the molecule is CCCCn1c(-c2ccccc2)nc(-c2cccc(F)c2)c1CN(Cc1cccc(OCC)c1)Cc1cccc(OCC)c1. The lowest BCUT2D eigenvalue weighted by atomic mass is 10.1. The number of unbranched alkanes of at least 4 members (excludes halogenated alkanes) is 1. The number of aromatic nitrogens is 2. The first-order valence-corrected chi connectivity index (χ1v) is 15.6. The molecule has 0 saturated carbocycles. The van der Waals surface area contributed by atoms with Gasteiger partial charge in [-0.25, -0.2) is 9.37 Å². The summed E-state index contributed by atoms with van der Waals surface area (Å²) in [5.74, 6) is 2.37. The van der Waals surface area contributed by atoms with Gasteiger partial charge in [0.05, 0.1) is 24.6 Å². The van der Waals surface area contributed by atoms with Crippen LogP contribution in [0.15, 0.2) is 103 Å². The molecule has 0 aliphatic heterocycles. The predicted molar refractivity (Wildman–Crippen MR) is 176 cm³/mol. The van der Waals surface area contributed by atoms with E-state index in [1.807, 2.05) is 62.4 Å². The van der Waals surface area contributed by atoms with Crippen molar-refractivity contribution in [3.05, 3.63) is 126 Å². The van der Waals surface area contributed by atoms with Crippen LogP contribution in [0.4, 0.5) is 4.39 Å². The molecule has 0 aliphatic carbocycles. The van der Waals surface area contributed by atoms with E-state index in [-0.39, 0.29) is 5.82 Å². The van der Waals surface area contributed by atoms with Crippen molar-refractivity contribution in [2.45, 2.75) is 59.8 Å². The van der Waals surface area contributed by atoms with Crippen LogP contribution in [0.3, 0.4) is 0 Å². The highest BCUT2D eigenvalue weighted by molar-refractivity contribution is 5.68. The van der Waals surface area contributed by atoms with E-state index in [4.69, 9.17) is 14.5 Å². The smallest absolute Gasteiger partial charge is 0.140 e. The van der Waals surface area contributed by atoms with E-state index in [0.717, 1.165) is 70.4 Å². The van der Waals surface area contributed by atoms with Crippen molar-refractivity contribution in [3.8, 4) is 34.1 Å². The topological polar surface area (TPSA) is 39.5 Å². The lowest BCUT2D eigenvalue weighted by Gasteiger charge is -2.25. The lowest BCUT2D eigenvalue weighted by Crippen LogP contribution is -2.24. The van der Waals surface area contributed by atoms with Crippen molar-refractivity contribution in [1.82, 2.24) is 14.5 Å². The standard InChI is InChI=1S/C38H42FN3O2/c1-4-7-22-42-36(37(32-18-13-19-33(39)25-32)40-38(42)31-16-9-8-10-17-31)28-41(26-29-14-11-20-34(23-29)43-5-2)27-30-15-12-21-35(24-30)44-6-3/h8-21,23-25H,4-7,22,26-28H2,1-3H3. The van der Waals surface area contributed by atoms with Gasteiger partial charge in [-0.05, 0) is 67.8 Å². The third-order valence-corrected chi connectivity index (χ3v) is 7.54. The highest BCUT2D eigenvalue weighted by atomic mass is 19.1. The fraction of sp³-hybridized carbons (Fsp3) is 0.289. The molecule has 0 bridgehead atoms. The highest BCUT2D eigenvalue weighted by Crippen LogP contribution is 2.32. The maximum Gasteiger partial charge on any atom is 0.140 e. The summed E-state index contributed by atoms with van der Waals surface area (Å²) in [4.78, 5) is 7.64. The molecule has 0 amide bonds. The summed E-state index contributed by atoms with van der Waals surface area (Å²) in [6.45, 7) is 10.3. The molecule has 1 heterocycles. The minimum absolute atomic E-state index is 0.268. The molecule has 0 radical (unpaired) electrons. The first kappa shape index (κ1) is 31.0. The van der Waals surface area contributed by atoms with Crippen LogP contribution in [0.5, 0.6) is 11.5 Å². The number of nitrogens with zero attached hydrogens (tertiary/aromatic N) is 3. The molecule has 5 aromatic rings. The van der Waals surface area contributed by atoms with Gasteiger partial charge in [-0.1, -0.05) is 80.1 Å². The second-order valence-corrected chi connectivity index (χ2v) is 10.9. The van der Waals surface area contributed by atoms with Crippen molar-refractivity contribution in [3.63, 3.8) is 0 Å². The van der Waals surface area contributed by atoms with Crippen molar-refractivity contribution < 1.29 is 13.9 Å². The maximum absolute atomic E-state index is 14.6. The van der Waals surface area contributed by atoms with Gasteiger partial charge in [0.1, 0.15) is 23.1 Å². The third-order valence-electron chi connectivity index (χ3n) is 7.54. The van der Waals surface area contributed by atoms with Crippen molar-refractivity contribution >= 4 is 0 Å². The molecule has 5 rings (SSSR count). The fourth-order valence-electron chi connectivity index (χ4n) is 5.57. The van der Waals surface area contributed by atoms with E-state index in [0.29, 0.717) is 32.8 Å². The molecule has 44 heavy (non-hydrogen) atoms. The van der Waals surface area contributed by atoms with Crippen molar-refractivity contribution in [2.24, 2.45) is 0 Å². The molecule has 0 saturated heterocycles. The summed E-state index contributed by atoms with van der Waals surface area (Å²) < 4.78 is 28.6. The van der Waals surface area contributed by atoms with E-state index in [9.17, 15) is 4.39 Å². The monoisotopic (exact) mass is 591 g/mol. The molecule has 1 aromatic heterocycles. The van der Waals surface area contributed by atoms with E-state index in [1.165, 1.54) is 6.07 Å². The first-order valence-electron chi connectivity index (χ1n) is 15.6. The zero-order valence-corrected chi connectivity index (χ0v) is 26.0. The van der Waals surface area contributed by atoms with Crippen molar-refractivity contribution in [2.75, 3.05) is 13.2 Å². The minimum Gasteiger partial charge on any atom is -0.494 e. The van der Waals surface area contributed by atoms with Gasteiger partial charge in [0.25, 0.3) is 0 Å². The molecular weight excluding hydrogens is 549 g/mol. The van der Waals surface area contributed by atoms with Gasteiger partial charge in [-0.15, -0.1) is 0 Å². The number of halogens is 1. The third kappa shape index (κ3) is 7.94. The molecular formula is C38H42FN3O2. The van der Waals surface area contributed by atoms with Gasteiger partial charge >= 0.3 is 0 Å². The van der Waals surface area contributed by atoms with Gasteiger partial charge in [0.2, 0.25) is 0 Å². The Balaban J connectivity index is 1.61. The van der Waals surface area contributed by atoms with Crippen LogP contribution >= 0.6 is 0 Å². The Hall–Kier alpha value is -4.42. The van der Waals surface area contributed by atoms with Gasteiger partial charge in [0.15, 0.2) is 0 Å². The second kappa shape index (κ2) is 15.3. The maximum atomic E-state index is 14.6. The Kier molecular flexibility index (Phi) is 10.8. The largest absolute Gasteiger partial charge is 0.494 e. The predicted octanol–water partition coefficient (Wildman–Crippen LogP) is 9.16. The number of imidazole rings is 1. The van der Waals surface area contributed by atoms with Gasteiger partial charge in [-0.3, -0.25) is 4.90 Å². The van der Waals surface area contributed by atoms with Crippen molar-refractivity contribution in [1.29, 1.82) is 0 Å². The van der Waals surface area contributed by atoms with Crippen LogP contribution in [0, 0.1) is 5.82 Å².